The summed E-state index contributed by atoms with van der Waals surface area (Å²) in [6.07, 6.45) is 5.52. The molecule has 0 amide bonds. The second kappa shape index (κ2) is 7.09. The minimum atomic E-state index is -0.181. The molecule has 2 aromatic heterocycles. The average Bonchev–Trinajstić information content (AvgIpc) is 3.06. The number of para-hydroxylation sites is 1. The molecule has 0 radical (unpaired) electrons. The molecular weight excluding hydrogens is 353 g/mol. The van der Waals surface area contributed by atoms with Crippen molar-refractivity contribution >= 4 is 0 Å². The van der Waals surface area contributed by atoms with Gasteiger partial charge < -0.3 is 0 Å². The fourth-order valence-corrected chi connectivity index (χ4v) is 4.73. The van der Waals surface area contributed by atoms with Gasteiger partial charge in [0.05, 0.1) is 17.9 Å². The summed E-state index contributed by atoms with van der Waals surface area (Å²) >= 11 is 0. The van der Waals surface area contributed by atoms with Crippen LogP contribution in [-0.2, 0) is 13.1 Å². The summed E-state index contributed by atoms with van der Waals surface area (Å²) in [5.41, 5.74) is 3.11. The van der Waals surface area contributed by atoms with E-state index in [4.69, 9.17) is 0 Å². The minimum absolute atomic E-state index is 0.181. The highest BCUT2D eigenvalue weighted by Gasteiger charge is 2.31. The van der Waals surface area contributed by atoms with Crippen LogP contribution in [0.3, 0.4) is 0 Å². The van der Waals surface area contributed by atoms with Crippen LogP contribution in [0.4, 0.5) is 4.39 Å². The SMILES string of the molecule is CN1Cc2ccccc2-n2c(nnc2C2CCC(c3ncccc3F)CC2)C1. The van der Waals surface area contributed by atoms with Crippen LogP contribution < -0.4 is 0 Å². The third-order valence-corrected chi connectivity index (χ3v) is 6.11. The van der Waals surface area contributed by atoms with Crippen molar-refractivity contribution in [3.8, 4) is 5.69 Å². The molecule has 5 rings (SSSR count). The standard InChI is InChI=1S/C22H24FN5/c1-27-13-17-5-2-3-7-19(17)28-20(14-27)25-26-22(28)16-10-8-15(9-11-16)21-18(23)6-4-12-24-21/h2-7,12,15-16H,8-11,13-14H2,1H3. The van der Waals surface area contributed by atoms with E-state index in [1.807, 2.05) is 0 Å². The molecule has 28 heavy (non-hydrogen) atoms. The smallest absolute Gasteiger partial charge is 0.151 e. The van der Waals surface area contributed by atoms with Crippen LogP contribution in [0, 0.1) is 5.82 Å². The highest BCUT2D eigenvalue weighted by atomic mass is 19.1. The fourth-order valence-electron chi connectivity index (χ4n) is 4.73. The van der Waals surface area contributed by atoms with Gasteiger partial charge in [-0.1, -0.05) is 18.2 Å². The molecule has 6 heteroatoms. The maximum atomic E-state index is 14.1. The predicted octanol–water partition coefficient (Wildman–Crippen LogP) is 4.19. The largest absolute Gasteiger partial charge is 0.295 e. The average molecular weight is 377 g/mol. The topological polar surface area (TPSA) is 46.8 Å². The van der Waals surface area contributed by atoms with E-state index in [1.54, 1.807) is 12.3 Å². The Bertz CT molecular complexity index is 990. The van der Waals surface area contributed by atoms with E-state index >= 15 is 0 Å². The lowest BCUT2D eigenvalue weighted by Gasteiger charge is -2.28. The van der Waals surface area contributed by atoms with E-state index in [0.29, 0.717) is 11.6 Å². The van der Waals surface area contributed by atoms with E-state index < -0.39 is 0 Å². The molecule has 0 spiro atoms. The first-order valence-corrected chi connectivity index (χ1v) is 10.0. The molecule has 1 saturated carbocycles. The van der Waals surface area contributed by atoms with Crippen molar-refractivity contribution < 1.29 is 4.39 Å². The molecule has 3 heterocycles. The zero-order chi connectivity index (χ0) is 19.1. The maximum absolute atomic E-state index is 14.1. The molecule has 3 aromatic rings. The van der Waals surface area contributed by atoms with E-state index in [1.165, 1.54) is 17.3 Å². The molecule has 144 valence electrons. The van der Waals surface area contributed by atoms with Gasteiger partial charge in [-0.05, 0) is 56.5 Å². The molecule has 2 aliphatic rings. The van der Waals surface area contributed by atoms with Gasteiger partial charge in [0.1, 0.15) is 11.6 Å². The molecule has 0 N–H and O–H groups in total. The van der Waals surface area contributed by atoms with Gasteiger partial charge in [-0.2, -0.15) is 0 Å². The fraction of sp³-hybridized carbons (Fsp3) is 0.409. The quantitative estimate of drug-likeness (QED) is 0.672. The lowest BCUT2D eigenvalue weighted by molar-refractivity contribution is 0.315. The van der Waals surface area contributed by atoms with Crippen molar-refractivity contribution in [1.82, 2.24) is 24.6 Å². The highest BCUT2D eigenvalue weighted by molar-refractivity contribution is 5.44. The van der Waals surface area contributed by atoms with Crippen LogP contribution in [0.1, 0.15) is 60.4 Å². The molecule has 0 atom stereocenters. The van der Waals surface area contributed by atoms with Gasteiger partial charge in [0.25, 0.3) is 0 Å². The number of aromatic nitrogens is 4. The van der Waals surface area contributed by atoms with Crippen molar-refractivity contribution in [2.45, 2.75) is 50.6 Å². The first kappa shape index (κ1) is 17.5. The Kier molecular flexibility index (Phi) is 4.43. The Morgan fingerprint density at radius 3 is 2.54 bits per heavy atom. The van der Waals surface area contributed by atoms with E-state index in [-0.39, 0.29) is 11.7 Å². The minimum Gasteiger partial charge on any atom is -0.295 e. The Labute approximate surface area is 164 Å². The van der Waals surface area contributed by atoms with Crippen LogP contribution >= 0.6 is 0 Å². The zero-order valence-corrected chi connectivity index (χ0v) is 16.1. The van der Waals surface area contributed by atoms with Gasteiger partial charge in [-0.15, -0.1) is 10.2 Å². The number of hydrogen-bond acceptors (Lipinski definition) is 4. The van der Waals surface area contributed by atoms with Crippen molar-refractivity contribution in [2.24, 2.45) is 0 Å². The number of pyridine rings is 1. The van der Waals surface area contributed by atoms with Crippen LogP contribution in [-0.4, -0.2) is 31.7 Å². The molecule has 1 aromatic carbocycles. The Hall–Kier alpha value is -2.60. The van der Waals surface area contributed by atoms with Crippen molar-refractivity contribution in [3.63, 3.8) is 0 Å². The third kappa shape index (κ3) is 3.02. The molecule has 0 bridgehead atoms. The van der Waals surface area contributed by atoms with Crippen LogP contribution in [0.15, 0.2) is 42.6 Å². The monoisotopic (exact) mass is 377 g/mol. The van der Waals surface area contributed by atoms with E-state index in [0.717, 1.165) is 50.4 Å². The summed E-state index contributed by atoms with van der Waals surface area (Å²) in [6.45, 7) is 1.70. The third-order valence-electron chi connectivity index (χ3n) is 6.11. The van der Waals surface area contributed by atoms with Crippen LogP contribution in [0.5, 0.6) is 0 Å². The summed E-state index contributed by atoms with van der Waals surface area (Å²) in [5.74, 6) is 2.42. The normalized spacial score (nSPS) is 22.4. The molecule has 5 nitrogen and oxygen atoms in total. The summed E-state index contributed by atoms with van der Waals surface area (Å²) < 4.78 is 16.4. The number of halogens is 1. The van der Waals surface area contributed by atoms with Crippen LogP contribution in [0.2, 0.25) is 0 Å². The predicted molar refractivity (Wildman–Crippen MR) is 105 cm³/mol. The molecular formula is C22H24FN5. The summed E-state index contributed by atoms with van der Waals surface area (Å²) in [5, 5.41) is 9.14. The Balaban J connectivity index is 1.44. The second-order valence-corrected chi connectivity index (χ2v) is 8.03. The number of nitrogens with zero attached hydrogens (tertiary/aromatic N) is 5. The van der Waals surface area contributed by atoms with Gasteiger partial charge in [-0.3, -0.25) is 14.5 Å². The first-order chi connectivity index (χ1) is 13.7. The zero-order valence-electron chi connectivity index (χ0n) is 16.1. The lowest BCUT2D eigenvalue weighted by atomic mass is 9.79. The molecule has 1 fully saturated rings. The van der Waals surface area contributed by atoms with Crippen molar-refractivity contribution in [1.29, 1.82) is 0 Å². The van der Waals surface area contributed by atoms with E-state index in [9.17, 15) is 4.39 Å². The summed E-state index contributed by atoms with van der Waals surface area (Å²) in [6, 6.07) is 11.7. The van der Waals surface area contributed by atoms with Gasteiger partial charge in [-0.25, -0.2) is 4.39 Å². The summed E-state index contributed by atoms with van der Waals surface area (Å²) in [7, 11) is 2.12. The highest BCUT2D eigenvalue weighted by Crippen LogP contribution is 2.41. The molecule has 1 aliphatic heterocycles. The molecule has 1 aliphatic carbocycles. The van der Waals surface area contributed by atoms with Crippen LogP contribution in [0.25, 0.3) is 5.69 Å². The Morgan fingerprint density at radius 1 is 0.929 bits per heavy atom. The maximum Gasteiger partial charge on any atom is 0.151 e. The number of rotatable bonds is 2. The number of hydrogen-bond donors (Lipinski definition) is 0. The van der Waals surface area contributed by atoms with Gasteiger partial charge in [0.15, 0.2) is 5.82 Å². The molecule has 0 unspecified atom stereocenters. The van der Waals surface area contributed by atoms with Gasteiger partial charge in [0.2, 0.25) is 0 Å². The van der Waals surface area contributed by atoms with Gasteiger partial charge in [0, 0.05) is 24.6 Å². The van der Waals surface area contributed by atoms with Gasteiger partial charge >= 0.3 is 0 Å². The van der Waals surface area contributed by atoms with E-state index in [2.05, 4.69) is 56.0 Å². The number of benzene rings is 1. The molecule has 0 saturated heterocycles. The second-order valence-electron chi connectivity index (χ2n) is 8.03. The van der Waals surface area contributed by atoms with Crippen molar-refractivity contribution in [3.05, 3.63) is 71.3 Å². The summed E-state index contributed by atoms with van der Waals surface area (Å²) in [4.78, 5) is 6.57. The number of fused-ring (bicyclic) bond motifs is 3. The van der Waals surface area contributed by atoms with Crippen molar-refractivity contribution in [2.75, 3.05) is 7.05 Å². The first-order valence-electron chi connectivity index (χ1n) is 10.0. The Morgan fingerprint density at radius 2 is 1.71 bits per heavy atom. The lowest BCUT2D eigenvalue weighted by Crippen LogP contribution is -2.18.